The standard InChI is InChI=1S/C21H21F2NO2/c22-21(23)26-18-13-11-16(12-14-18)19(15-7-3-1-4-8-15)24-20(25)17-9-5-2-6-10-17/h1-5,7-8,11-14,17,19,21H,6,9-10H2,(H,24,25). The third-order valence-corrected chi connectivity index (χ3v) is 4.50. The van der Waals surface area contributed by atoms with Crippen LogP contribution in [-0.4, -0.2) is 12.5 Å². The molecule has 1 aliphatic carbocycles. The number of nitrogens with one attached hydrogen (secondary N) is 1. The lowest BCUT2D eigenvalue weighted by atomic mass is 9.92. The lowest BCUT2D eigenvalue weighted by molar-refractivity contribution is -0.125. The summed E-state index contributed by atoms with van der Waals surface area (Å²) in [4.78, 5) is 12.7. The van der Waals surface area contributed by atoms with Gasteiger partial charge in [0.25, 0.3) is 0 Å². The van der Waals surface area contributed by atoms with Crippen molar-refractivity contribution in [2.45, 2.75) is 31.9 Å². The third-order valence-electron chi connectivity index (χ3n) is 4.50. The van der Waals surface area contributed by atoms with E-state index in [1.807, 2.05) is 36.4 Å². The Hall–Kier alpha value is -2.69. The van der Waals surface area contributed by atoms with Crippen LogP contribution in [0, 0.1) is 5.92 Å². The van der Waals surface area contributed by atoms with E-state index in [0.29, 0.717) is 0 Å². The minimum atomic E-state index is -2.86. The van der Waals surface area contributed by atoms with E-state index >= 15 is 0 Å². The maximum atomic E-state index is 12.7. The number of benzene rings is 2. The van der Waals surface area contributed by atoms with Crippen LogP contribution in [0.5, 0.6) is 5.75 Å². The predicted octanol–water partition coefficient (Wildman–Crippen LogP) is 4.85. The van der Waals surface area contributed by atoms with E-state index < -0.39 is 6.61 Å². The number of ether oxygens (including phenoxy) is 1. The first-order valence-electron chi connectivity index (χ1n) is 8.68. The predicted molar refractivity (Wildman–Crippen MR) is 96.0 cm³/mol. The highest BCUT2D eigenvalue weighted by Crippen LogP contribution is 2.26. The minimum Gasteiger partial charge on any atom is -0.435 e. The molecule has 0 aromatic heterocycles. The number of allylic oxidation sites excluding steroid dienone is 2. The van der Waals surface area contributed by atoms with E-state index in [4.69, 9.17) is 0 Å². The summed E-state index contributed by atoms with van der Waals surface area (Å²) < 4.78 is 29.1. The van der Waals surface area contributed by atoms with Crippen LogP contribution >= 0.6 is 0 Å². The van der Waals surface area contributed by atoms with Gasteiger partial charge in [-0.1, -0.05) is 54.6 Å². The topological polar surface area (TPSA) is 38.3 Å². The molecule has 5 heteroatoms. The second-order valence-corrected chi connectivity index (χ2v) is 6.28. The zero-order chi connectivity index (χ0) is 18.4. The number of alkyl halides is 2. The molecule has 136 valence electrons. The lowest BCUT2D eigenvalue weighted by Crippen LogP contribution is -2.35. The Morgan fingerprint density at radius 2 is 1.69 bits per heavy atom. The van der Waals surface area contributed by atoms with Crippen LogP contribution in [-0.2, 0) is 4.79 Å². The molecule has 1 aliphatic rings. The van der Waals surface area contributed by atoms with Crippen molar-refractivity contribution < 1.29 is 18.3 Å². The first-order chi connectivity index (χ1) is 12.6. The summed E-state index contributed by atoms with van der Waals surface area (Å²) in [6.45, 7) is -2.86. The van der Waals surface area contributed by atoms with E-state index in [9.17, 15) is 13.6 Å². The molecule has 26 heavy (non-hydrogen) atoms. The average Bonchev–Trinajstić information content (AvgIpc) is 2.67. The van der Waals surface area contributed by atoms with Crippen LogP contribution in [0.4, 0.5) is 8.78 Å². The van der Waals surface area contributed by atoms with Gasteiger partial charge in [-0.25, -0.2) is 0 Å². The summed E-state index contributed by atoms with van der Waals surface area (Å²) in [6.07, 6.45) is 6.63. The second-order valence-electron chi connectivity index (χ2n) is 6.28. The maximum Gasteiger partial charge on any atom is 0.387 e. The van der Waals surface area contributed by atoms with E-state index in [2.05, 4.69) is 16.1 Å². The summed E-state index contributed by atoms with van der Waals surface area (Å²) in [5.74, 6) is 0.0723. The highest BCUT2D eigenvalue weighted by atomic mass is 19.3. The van der Waals surface area contributed by atoms with Crippen molar-refractivity contribution in [3.05, 3.63) is 77.9 Å². The van der Waals surface area contributed by atoms with Crippen LogP contribution in [0.2, 0.25) is 0 Å². The van der Waals surface area contributed by atoms with Crippen molar-refractivity contribution in [2.75, 3.05) is 0 Å². The van der Waals surface area contributed by atoms with Crippen molar-refractivity contribution in [3.63, 3.8) is 0 Å². The maximum absolute atomic E-state index is 12.7. The van der Waals surface area contributed by atoms with E-state index in [1.54, 1.807) is 12.1 Å². The van der Waals surface area contributed by atoms with E-state index in [0.717, 1.165) is 30.4 Å². The number of carbonyl (C=O) groups excluding carboxylic acids is 1. The summed E-state index contributed by atoms with van der Waals surface area (Å²) >= 11 is 0. The van der Waals surface area contributed by atoms with Gasteiger partial charge in [-0.2, -0.15) is 8.78 Å². The molecule has 0 aliphatic heterocycles. The first kappa shape index (κ1) is 18.1. The molecule has 1 N–H and O–H groups in total. The molecule has 3 nitrogen and oxygen atoms in total. The zero-order valence-corrected chi connectivity index (χ0v) is 14.3. The zero-order valence-electron chi connectivity index (χ0n) is 14.3. The molecular formula is C21H21F2NO2. The van der Waals surface area contributed by atoms with Gasteiger partial charge in [0.1, 0.15) is 5.75 Å². The molecule has 3 rings (SSSR count). The molecule has 0 spiro atoms. The molecule has 1 amide bonds. The van der Waals surface area contributed by atoms with Crippen molar-refractivity contribution in [3.8, 4) is 5.75 Å². The molecule has 0 bridgehead atoms. The molecule has 2 aromatic carbocycles. The van der Waals surface area contributed by atoms with Gasteiger partial charge < -0.3 is 10.1 Å². The summed E-state index contributed by atoms with van der Waals surface area (Å²) in [6, 6.07) is 15.7. The van der Waals surface area contributed by atoms with Crippen molar-refractivity contribution in [1.82, 2.24) is 5.32 Å². The van der Waals surface area contributed by atoms with Crippen molar-refractivity contribution in [2.24, 2.45) is 5.92 Å². The van der Waals surface area contributed by atoms with E-state index in [-0.39, 0.29) is 23.6 Å². The average molecular weight is 357 g/mol. The Bertz CT molecular complexity index is 744. The Morgan fingerprint density at radius 3 is 2.31 bits per heavy atom. The van der Waals surface area contributed by atoms with Gasteiger partial charge in [-0.15, -0.1) is 0 Å². The van der Waals surface area contributed by atoms with Gasteiger partial charge in [-0.05, 0) is 42.5 Å². The van der Waals surface area contributed by atoms with Gasteiger partial charge in [-0.3, -0.25) is 4.79 Å². The molecule has 0 saturated heterocycles. The first-order valence-corrected chi connectivity index (χ1v) is 8.68. The fraction of sp³-hybridized carbons (Fsp3) is 0.286. The quantitative estimate of drug-likeness (QED) is 0.751. The van der Waals surface area contributed by atoms with Crippen LogP contribution in [0.3, 0.4) is 0 Å². The summed E-state index contributed by atoms with van der Waals surface area (Å²) in [5, 5.41) is 3.12. The van der Waals surface area contributed by atoms with Gasteiger partial charge in [0, 0.05) is 5.92 Å². The molecule has 2 atom stereocenters. The largest absolute Gasteiger partial charge is 0.435 e. The van der Waals surface area contributed by atoms with Crippen LogP contribution in [0.25, 0.3) is 0 Å². The third kappa shape index (κ3) is 4.69. The molecule has 0 heterocycles. The Balaban J connectivity index is 1.81. The summed E-state index contributed by atoms with van der Waals surface area (Å²) in [7, 11) is 0. The number of hydrogen-bond donors (Lipinski definition) is 1. The van der Waals surface area contributed by atoms with Crippen LogP contribution in [0.15, 0.2) is 66.7 Å². The second kappa shape index (κ2) is 8.61. The number of rotatable bonds is 6. The molecular weight excluding hydrogens is 336 g/mol. The highest BCUT2D eigenvalue weighted by Gasteiger charge is 2.23. The number of carbonyl (C=O) groups is 1. The fourth-order valence-electron chi connectivity index (χ4n) is 3.14. The number of hydrogen-bond acceptors (Lipinski definition) is 2. The fourth-order valence-corrected chi connectivity index (χ4v) is 3.14. The minimum absolute atomic E-state index is 0.0103. The normalized spacial score (nSPS) is 17.7. The van der Waals surface area contributed by atoms with E-state index in [1.165, 1.54) is 12.1 Å². The van der Waals surface area contributed by atoms with Crippen LogP contribution < -0.4 is 10.1 Å². The van der Waals surface area contributed by atoms with Gasteiger partial charge >= 0.3 is 6.61 Å². The number of amides is 1. The molecule has 0 radical (unpaired) electrons. The molecule has 0 fully saturated rings. The van der Waals surface area contributed by atoms with Gasteiger partial charge in [0.15, 0.2) is 0 Å². The SMILES string of the molecule is O=C(NC(c1ccccc1)c1ccc(OC(F)F)cc1)C1CC=CCC1. The molecule has 2 unspecified atom stereocenters. The van der Waals surface area contributed by atoms with Gasteiger partial charge in [0.2, 0.25) is 5.91 Å². The smallest absolute Gasteiger partial charge is 0.387 e. The monoisotopic (exact) mass is 357 g/mol. The Labute approximate surface area is 151 Å². The van der Waals surface area contributed by atoms with Crippen molar-refractivity contribution in [1.29, 1.82) is 0 Å². The Morgan fingerprint density at radius 1 is 1.00 bits per heavy atom. The lowest BCUT2D eigenvalue weighted by Gasteiger charge is -2.24. The molecule has 2 aromatic rings. The van der Waals surface area contributed by atoms with Gasteiger partial charge in [0.05, 0.1) is 6.04 Å². The summed E-state index contributed by atoms with van der Waals surface area (Å²) in [5.41, 5.74) is 1.76. The number of halogens is 2. The molecule has 0 saturated carbocycles. The van der Waals surface area contributed by atoms with Crippen molar-refractivity contribution >= 4 is 5.91 Å². The Kier molecular flexibility index (Phi) is 6.00. The van der Waals surface area contributed by atoms with Crippen LogP contribution in [0.1, 0.15) is 36.4 Å². The highest BCUT2D eigenvalue weighted by molar-refractivity contribution is 5.80.